The van der Waals surface area contributed by atoms with Gasteiger partial charge in [0.05, 0.1) is 16.6 Å². The molecular weight excluding hydrogens is 408 g/mol. The lowest BCUT2D eigenvalue weighted by Gasteiger charge is -2.33. The fraction of sp³-hybridized carbons (Fsp3) is 0.625. The number of fused-ring (bicyclic) bond motifs is 1. The zero-order valence-corrected chi connectivity index (χ0v) is 19.9. The van der Waals surface area contributed by atoms with Crippen molar-refractivity contribution in [2.24, 2.45) is 24.3 Å². The standard InChI is InChI=1S/C24H34N4O2S/c1-24(2,3)19-5-6-20-17(11-19)12-21(31-20)23(30)28-9-7-16(8-10-28)13-25-22(29)18-14-26-27(4)15-18/h12,14-16,19H,5-11,13H2,1-4H3,(H,25,29). The summed E-state index contributed by atoms with van der Waals surface area (Å²) in [6, 6.07) is 2.17. The van der Waals surface area contributed by atoms with Crippen LogP contribution in [0.15, 0.2) is 18.5 Å². The zero-order valence-electron chi connectivity index (χ0n) is 19.1. The number of nitrogens with zero attached hydrogens (tertiary/aromatic N) is 3. The van der Waals surface area contributed by atoms with Crippen LogP contribution in [0.2, 0.25) is 0 Å². The molecule has 0 saturated carbocycles. The van der Waals surface area contributed by atoms with Crippen LogP contribution in [-0.4, -0.2) is 46.1 Å². The SMILES string of the molecule is Cn1cc(C(=O)NCC2CCN(C(=O)c3cc4c(s3)CCC(C(C)(C)C)C4)CC2)cn1. The van der Waals surface area contributed by atoms with Gasteiger partial charge in [-0.05, 0) is 61.0 Å². The number of aromatic nitrogens is 2. The van der Waals surface area contributed by atoms with E-state index in [4.69, 9.17) is 0 Å². The van der Waals surface area contributed by atoms with Crippen LogP contribution in [0.5, 0.6) is 0 Å². The van der Waals surface area contributed by atoms with Crippen LogP contribution in [0.1, 0.15) is 70.5 Å². The predicted octanol–water partition coefficient (Wildman–Crippen LogP) is 3.91. The van der Waals surface area contributed by atoms with E-state index in [2.05, 4.69) is 37.3 Å². The average Bonchev–Trinajstić information content (AvgIpc) is 3.37. The van der Waals surface area contributed by atoms with E-state index in [1.807, 2.05) is 4.90 Å². The lowest BCUT2D eigenvalue weighted by Crippen LogP contribution is -2.41. The Bertz CT molecular complexity index is 947. The van der Waals surface area contributed by atoms with Crippen LogP contribution in [-0.2, 0) is 19.9 Å². The molecule has 1 N–H and O–H groups in total. The van der Waals surface area contributed by atoms with Crippen LogP contribution in [0, 0.1) is 17.3 Å². The highest BCUT2D eigenvalue weighted by Crippen LogP contribution is 2.40. The molecule has 3 heterocycles. The zero-order chi connectivity index (χ0) is 22.2. The first kappa shape index (κ1) is 22.1. The summed E-state index contributed by atoms with van der Waals surface area (Å²) in [5.41, 5.74) is 2.30. The van der Waals surface area contributed by atoms with Crippen LogP contribution >= 0.6 is 11.3 Å². The summed E-state index contributed by atoms with van der Waals surface area (Å²) in [5, 5.41) is 7.06. The summed E-state index contributed by atoms with van der Waals surface area (Å²) in [6.07, 6.45) is 8.59. The van der Waals surface area contributed by atoms with E-state index in [0.717, 1.165) is 43.6 Å². The largest absolute Gasteiger partial charge is 0.352 e. The summed E-state index contributed by atoms with van der Waals surface area (Å²) in [4.78, 5) is 29.6. The Kier molecular flexibility index (Phi) is 6.24. The molecule has 1 unspecified atom stereocenters. The molecule has 2 aliphatic rings. The Morgan fingerprint density at radius 1 is 1.23 bits per heavy atom. The Morgan fingerprint density at radius 3 is 2.61 bits per heavy atom. The van der Waals surface area contributed by atoms with Crippen LogP contribution in [0.3, 0.4) is 0 Å². The highest BCUT2D eigenvalue weighted by atomic mass is 32.1. The molecule has 4 rings (SSSR count). The third-order valence-corrected chi connectivity index (χ3v) is 8.16. The fourth-order valence-electron chi connectivity index (χ4n) is 4.74. The van der Waals surface area contributed by atoms with Gasteiger partial charge < -0.3 is 10.2 Å². The first-order chi connectivity index (χ1) is 14.7. The van der Waals surface area contributed by atoms with E-state index >= 15 is 0 Å². The maximum absolute atomic E-state index is 13.1. The van der Waals surface area contributed by atoms with E-state index in [9.17, 15) is 9.59 Å². The van der Waals surface area contributed by atoms with Gasteiger partial charge in [0.15, 0.2) is 0 Å². The highest BCUT2D eigenvalue weighted by Gasteiger charge is 2.31. The number of amides is 2. The quantitative estimate of drug-likeness (QED) is 0.781. The maximum Gasteiger partial charge on any atom is 0.263 e. The Morgan fingerprint density at radius 2 is 1.97 bits per heavy atom. The molecule has 0 aromatic carbocycles. The molecule has 6 nitrogen and oxygen atoms in total. The number of hydrogen-bond donors (Lipinski definition) is 1. The minimum Gasteiger partial charge on any atom is -0.352 e. The number of hydrogen-bond acceptors (Lipinski definition) is 4. The first-order valence-electron chi connectivity index (χ1n) is 11.4. The molecule has 1 aliphatic carbocycles. The maximum atomic E-state index is 13.1. The van der Waals surface area contributed by atoms with Crippen molar-refractivity contribution in [1.29, 1.82) is 0 Å². The molecule has 0 radical (unpaired) electrons. The molecule has 0 spiro atoms. The van der Waals surface area contributed by atoms with Gasteiger partial charge in [0.1, 0.15) is 0 Å². The van der Waals surface area contributed by atoms with Gasteiger partial charge in [0.25, 0.3) is 11.8 Å². The van der Waals surface area contributed by atoms with E-state index in [0.29, 0.717) is 29.4 Å². The molecule has 0 bridgehead atoms. The van der Waals surface area contributed by atoms with Gasteiger partial charge in [-0.2, -0.15) is 5.10 Å². The van der Waals surface area contributed by atoms with Gasteiger partial charge in [-0.3, -0.25) is 14.3 Å². The van der Waals surface area contributed by atoms with Crippen LogP contribution < -0.4 is 5.32 Å². The molecule has 2 aromatic heterocycles. The lowest BCUT2D eigenvalue weighted by atomic mass is 9.72. The van der Waals surface area contributed by atoms with Crippen LogP contribution in [0.4, 0.5) is 0 Å². The van der Waals surface area contributed by atoms with E-state index in [1.165, 1.54) is 16.9 Å². The number of carbonyl (C=O) groups excluding carboxylic acids is 2. The third kappa shape index (κ3) is 5.03. The minimum absolute atomic E-state index is 0.0793. The van der Waals surface area contributed by atoms with E-state index in [-0.39, 0.29) is 11.8 Å². The number of thiophene rings is 1. The molecule has 168 valence electrons. The molecule has 7 heteroatoms. The number of aryl methyl sites for hydroxylation is 2. The van der Waals surface area contributed by atoms with Gasteiger partial charge in [-0.1, -0.05) is 20.8 Å². The summed E-state index contributed by atoms with van der Waals surface area (Å²) in [5.74, 6) is 1.21. The minimum atomic E-state index is -0.0793. The van der Waals surface area contributed by atoms with Crippen molar-refractivity contribution < 1.29 is 9.59 Å². The van der Waals surface area contributed by atoms with Crippen molar-refractivity contribution in [2.45, 2.75) is 52.9 Å². The van der Waals surface area contributed by atoms with Gasteiger partial charge in [-0.15, -0.1) is 11.3 Å². The topological polar surface area (TPSA) is 67.2 Å². The van der Waals surface area contributed by atoms with Gasteiger partial charge in [0, 0.05) is 37.8 Å². The summed E-state index contributed by atoms with van der Waals surface area (Å²) >= 11 is 1.71. The van der Waals surface area contributed by atoms with Crippen LogP contribution in [0.25, 0.3) is 0 Å². The predicted molar refractivity (Wildman–Crippen MR) is 123 cm³/mol. The number of piperidine rings is 1. The Hall–Kier alpha value is -2.15. The summed E-state index contributed by atoms with van der Waals surface area (Å²) in [6.45, 7) is 9.15. The van der Waals surface area contributed by atoms with Crippen molar-refractivity contribution in [2.75, 3.05) is 19.6 Å². The average molecular weight is 443 g/mol. The molecule has 1 aliphatic heterocycles. The second kappa shape index (κ2) is 8.77. The number of rotatable bonds is 4. The molecule has 2 aromatic rings. The second-order valence-electron chi connectivity index (χ2n) is 10.2. The van der Waals surface area contributed by atoms with Crippen molar-refractivity contribution in [3.8, 4) is 0 Å². The molecule has 31 heavy (non-hydrogen) atoms. The number of likely N-dealkylation sites (tertiary alicyclic amines) is 1. The van der Waals surface area contributed by atoms with Crippen molar-refractivity contribution in [3.63, 3.8) is 0 Å². The monoisotopic (exact) mass is 442 g/mol. The Balaban J connectivity index is 1.28. The summed E-state index contributed by atoms with van der Waals surface area (Å²) in [7, 11) is 1.80. The van der Waals surface area contributed by atoms with Gasteiger partial charge in [-0.25, -0.2) is 0 Å². The van der Waals surface area contributed by atoms with E-state index in [1.54, 1.807) is 35.5 Å². The molecule has 1 atom stereocenters. The van der Waals surface area contributed by atoms with Gasteiger partial charge in [0.2, 0.25) is 0 Å². The first-order valence-corrected chi connectivity index (χ1v) is 12.2. The fourth-order valence-corrected chi connectivity index (χ4v) is 5.92. The second-order valence-corrected chi connectivity index (χ2v) is 11.3. The molecular formula is C24H34N4O2S. The summed E-state index contributed by atoms with van der Waals surface area (Å²) < 4.78 is 1.63. The number of carbonyl (C=O) groups is 2. The molecule has 1 saturated heterocycles. The molecule has 1 fully saturated rings. The lowest BCUT2D eigenvalue weighted by molar-refractivity contribution is 0.0689. The van der Waals surface area contributed by atoms with Gasteiger partial charge >= 0.3 is 0 Å². The smallest absolute Gasteiger partial charge is 0.263 e. The van der Waals surface area contributed by atoms with Crippen molar-refractivity contribution in [3.05, 3.63) is 39.3 Å². The van der Waals surface area contributed by atoms with Crippen molar-refractivity contribution >= 4 is 23.2 Å². The molecule has 2 amide bonds. The van der Waals surface area contributed by atoms with E-state index < -0.39 is 0 Å². The van der Waals surface area contributed by atoms with Crippen molar-refractivity contribution in [1.82, 2.24) is 20.0 Å². The normalized spacial score (nSPS) is 19.9. The Labute approximate surface area is 189 Å². The highest BCUT2D eigenvalue weighted by molar-refractivity contribution is 7.14. The number of nitrogens with one attached hydrogen (secondary N) is 1. The third-order valence-electron chi connectivity index (χ3n) is 6.94.